The molecule has 5 heteroatoms. The highest BCUT2D eigenvalue weighted by molar-refractivity contribution is 9.10. The number of rotatable bonds is 2. The highest BCUT2D eigenvalue weighted by Crippen LogP contribution is 2.37. The van der Waals surface area contributed by atoms with Gasteiger partial charge in [0.1, 0.15) is 0 Å². The van der Waals surface area contributed by atoms with Crippen molar-refractivity contribution in [3.63, 3.8) is 0 Å². The Labute approximate surface area is 111 Å². The SMILES string of the molecule is Nc1cncc(Br)c1Sc1ccc(Cl)cc1. The summed E-state index contributed by atoms with van der Waals surface area (Å²) in [5, 5.41) is 0.728. The predicted octanol–water partition coefficient (Wildman–Crippen LogP) is 4.23. The van der Waals surface area contributed by atoms with Gasteiger partial charge >= 0.3 is 0 Å². The van der Waals surface area contributed by atoms with Crippen LogP contribution in [0.1, 0.15) is 0 Å². The number of aromatic nitrogens is 1. The number of pyridine rings is 1. The molecule has 0 aliphatic rings. The van der Waals surface area contributed by atoms with E-state index in [1.54, 1.807) is 24.2 Å². The van der Waals surface area contributed by atoms with Crippen LogP contribution in [-0.2, 0) is 0 Å². The number of nitrogen functional groups attached to an aromatic ring is 1. The summed E-state index contributed by atoms with van der Waals surface area (Å²) in [5.41, 5.74) is 6.52. The van der Waals surface area contributed by atoms with E-state index in [9.17, 15) is 0 Å². The van der Waals surface area contributed by atoms with E-state index in [4.69, 9.17) is 17.3 Å². The Morgan fingerprint density at radius 2 is 1.88 bits per heavy atom. The third kappa shape index (κ3) is 2.70. The summed E-state index contributed by atoms with van der Waals surface area (Å²) in [6, 6.07) is 7.63. The predicted molar refractivity (Wildman–Crippen MR) is 71.9 cm³/mol. The molecule has 0 fully saturated rings. The summed E-state index contributed by atoms with van der Waals surface area (Å²) in [6.07, 6.45) is 3.37. The van der Waals surface area contributed by atoms with Crippen LogP contribution < -0.4 is 5.73 Å². The van der Waals surface area contributed by atoms with Crippen LogP contribution in [0.2, 0.25) is 5.02 Å². The summed E-state index contributed by atoms with van der Waals surface area (Å²) in [4.78, 5) is 6.05. The molecule has 2 aromatic rings. The van der Waals surface area contributed by atoms with Crippen LogP contribution in [-0.4, -0.2) is 4.98 Å². The molecule has 0 saturated heterocycles. The Hall–Kier alpha value is -0.710. The minimum atomic E-state index is 0.661. The van der Waals surface area contributed by atoms with Gasteiger partial charge in [0.25, 0.3) is 0 Å². The molecule has 0 aliphatic carbocycles. The maximum Gasteiger partial charge on any atom is 0.0653 e. The second kappa shape index (κ2) is 5.08. The number of hydrogen-bond acceptors (Lipinski definition) is 3. The zero-order valence-corrected chi connectivity index (χ0v) is 11.3. The van der Waals surface area contributed by atoms with Gasteiger partial charge in [0.05, 0.1) is 21.3 Å². The molecule has 2 rings (SSSR count). The van der Waals surface area contributed by atoms with Crippen LogP contribution in [0.5, 0.6) is 0 Å². The first kappa shape index (κ1) is 11.8. The lowest BCUT2D eigenvalue weighted by atomic mass is 10.4. The molecule has 1 heterocycles. The highest BCUT2D eigenvalue weighted by Gasteiger charge is 2.06. The minimum Gasteiger partial charge on any atom is -0.397 e. The Morgan fingerprint density at radius 3 is 2.50 bits per heavy atom. The molecule has 16 heavy (non-hydrogen) atoms. The van der Waals surface area contributed by atoms with Crippen LogP contribution in [0.15, 0.2) is 50.9 Å². The van der Waals surface area contributed by atoms with E-state index < -0.39 is 0 Å². The monoisotopic (exact) mass is 314 g/mol. The molecule has 2 nitrogen and oxygen atoms in total. The van der Waals surface area contributed by atoms with Crippen LogP contribution in [0.25, 0.3) is 0 Å². The maximum atomic E-state index is 5.86. The molecule has 0 aliphatic heterocycles. The smallest absolute Gasteiger partial charge is 0.0653 e. The van der Waals surface area contributed by atoms with Crippen LogP contribution in [0.4, 0.5) is 5.69 Å². The van der Waals surface area contributed by atoms with E-state index in [-0.39, 0.29) is 0 Å². The van der Waals surface area contributed by atoms with Gasteiger partial charge in [-0.2, -0.15) is 0 Å². The molecule has 82 valence electrons. The quantitative estimate of drug-likeness (QED) is 0.901. The van der Waals surface area contributed by atoms with Gasteiger partial charge in [-0.1, -0.05) is 23.4 Å². The van der Waals surface area contributed by atoms with Crippen molar-refractivity contribution in [3.05, 3.63) is 46.2 Å². The molecule has 0 radical (unpaired) electrons. The van der Waals surface area contributed by atoms with Crippen molar-refractivity contribution >= 4 is 45.0 Å². The second-order valence-corrected chi connectivity index (χ2v) is 5.47. The lowest BCUT2D eigenvalue weighted by molar-refractivity contribution is 1.24. The van der Waals surface area contributed by atoms with Crippen molar-refractivity contribution in [2.45, 2.75) is 9.79 Å². The zero-order valence-electron chi connectivity index (χ0n) is 8.15. The van der Waals surface area contributed by atoms with Gasteiger partial charge in [-0.05, 0) is 40.2 Å². The van der Waals surface area contributed by atoms with Gasteiger partial charge in [-0.25, -0.2) is 0 Å². The van der Waals surface area contributed by atoms with Crippen LogP contribution >= 0.6 is 39.3 Å². The van der Waals surface area contributed by atoms with Gasteiger partial charge in [0, 0.05) is 16.1 Å². The van der Waals surface area contributed by atoms with Crippen LogP contribution in [0.3, 0.4) is 0 Å². The van der Waals surface area contributed by atoms with E-state index >= 15 is 0 Å². The molecule has 0 unspecified atom stereocenters. The fraction of sp³-hybridized carbons (Fsp3) is 0. The third-order valence-electron chi connectivity index (χ3n) is 1.91. The van der Waals surface area contributed by atoms with Gasteiger partial charge in [0.2, 0.25) is 0 Å². The molecular formula is C11H8BrClN2S. The largest absolute Gasteiger partial charge is 0.397 e. The molecule has 1 aromatic carbocycles. The number of nitrogens with two attached hydrogens (primary N) is 1. The lowest BCUT2D eigenvalue weighted by Crippen LogP contribution is -1.90. The fourth-order valence-corrected chi connectivity index (χ4v) is 2.71. The molecule has 0 bridgehead atoms. The summed E-state index contributed by atoms with van der Waals surface area (Å²) in [5.74, 6) is 0. The lowest BCUT2D eigenvalue weighted by Gasteiger charge is -2.06. The number of benzene rings is 1. The van der Waals surface area contributed by atoms with Gasteiger partial charge < -0.3 is 5.73 Å². The number of halogens is 2. The van der Waals surface area contributed by atoms with E-state index in [0.717, 1.165) is 19.3 Å². The Morgan fingerprint density at radius 1 is 1.19 bits per heavy atom. The number of anilines is 1. The first-order valence-electron chi connectivity index (χ1n) is 4.49. The summed E-state index contributed by atoms with van der Waals surface area (Å²) >= 11 is 10.8. The van der Waals surface area contributed by atoms with Gasteiger partial charge in [-0.15, -0.1) is 0 Å². The minimum absolute atomic E-state index is 0.661. The van der Waals surface area contributed by atoms with Crippen molar-refractivity contribution in [1.82, 2.24) is 4.98 Å². The van der Waals surface area contributed by atoms with Crippen molar-refractivity contribution in [2.24, 2.45) is 0 Å². The highest BCUT2D eigenvalue weighted by atomic mass is 79.9. The Bertz CT molecular complexity index is 482. The maximum absolute atomic E-state index is 5.86. The van der Waals surface area contributed by atoms with E-state index in [1.165, 1.54) is 0 Å². The third-order valence-corrected chi connectivity index (χ3v) is 4.20. The van der Waals surface area contributed by atoms with Gasteiger partial charge in [0.15, 0.2) is 0 Å². The standard InChI is InChI=1S/C11H8BrClN2S/c12-9-5-15-6-10(14)11(9)16-8-3-1-7(13)2-4-8/h1-6H,14H2. The van der Waals surface area contributed by atoms with Crippen molar-refractivity contribution in [1.29, 1.82) is 0 Å². The molecule has 2 N–H and O–H groups in total. The molecule has 0 amide bonds. The second-order valence-electron chi connectivity index (χ2n) is 3.10. The Balaban J connectivity index is 2.30. The van der Waals surface area contributed by atoms with E-state index in [2.05, 4.69) is 20.9 Å². The van der Waals surface area contributed by atoms with Gasteiger partial charge in [-0.3, -0.25) is 4.98 Å². The average Bonchev–Trinajstić information content (AvgIpc) is 2.26. The van der Waals surface area contributed by atoms with Crippen molar-refractivity contribution in [3.8, 4) is 0 Å². The molecule has 0 spiro atoms. The zero-order chi connectivity index (χ0) is 11.5. The molecule has 1 aromatic heterocycles. The van der Waals surface area contributed by atoms with Crippen molar-refractivity contribution in [2.75, 3.05) is 5.73 Å². The average molecular weight is 316 g/mol. The number of nitrogens with zero attached hydrogens (tertiary/aromatic N) is 1. The first-order valence-corrected chi connectivity index (χ1v) is 6.48. The Kier molecular flexibility index (Phi) is 3.74. The topological polar surface area (TPSA) is 38.9 Å². The first-order chi connectivity index (χ1) is 7.66. The summed E-state index contributed by atoms with van der Waals surface area (Å²) in [7, 11) is 0. The fourth-order valence-electron chi connectivity index (χ4n) is 1.17. The van der Waals surface area contributed by atoms with E-state index in [1.807, 2.05) is 24.3 Å². The number of hydrogen-bond donors (Lipinski definition) is 1. The van der Waals surface area contributed by atoms with Crippen LogP contribution in [0, 0.1) is 0 Å². The van der Waals surface area contributed by atoms with E-state index in [0.29, 0.717) is 5.69 Å². The van der Waals surface area contributed by atoms with Crippen molar-refractivity contribution < 1.29 is 0 Å². The normalized spacial score (nSPS) is 10.4. The summed E-state index contributed by atoms with van der Waals surface area (Å²) in [6.45, 7) is 0. The molecule has 0 saturated carbocycles. The molecule has 0 atom stereocenters. The molecular weight excluding hydrogens is 308 g/mol. The summed E-state index contributed by atoms with van der Waals surface area (Å²) < 4.78 is 0.896.